The number of hydrogen-bond donors (Lipinski definition) is 1. The van der Waals surface area contributed by atoms with Crippen molar-refractivity contribution in [1.29, 1.82) is 0 Å². The van der Waals surface area contributed by atoms with Crippen molar-refractivity contribution in [2.75, 3.05) is 0 Å². The molecule has 2 N–H and O–H groups in total. The standard InChI is InChI=1S/C10H10BrNS/c1-6(12)9-4-7-2-3-8(11)5-10(7)13-9/h2-6H,12H2,1H3. The average Bonchev–Trinajstić information content (AvgIpc) is 2.46. The Bertz CT molecular complexity index is 433. The van der Waals surface area contributed by atoms with Gasteiger partial charge in [-0.1, -0.05) is 22.0 Å². The van der Waals surface area contributed by atoms with E-state index in [1.165, 1.54) is 15.0 Å². The Morgan fingerprint density at radius 2 is 2.15 bits per heavy atom. The smallest absolute Gasteiger partial charge is 0.0361 e. The van der Waals surface area contributed by atoms with Crippen molar-refractivity contribution < 1.29 is 0 Å². The maximum Gasteiger partial charge on any atom is 0.0361 e. The number of rotatable bonds is 1. The van der Waals surface area contributed by atoms with Crippen molar-refractivity contribution in [2.24, 2.45) is 5.73 Å². The van der Waals surface area contributed by atoms with Crippen LogP contribution in [0.4, 0.5) is 0 Å². The Balaban J connectivity index is 2.62. The molecule has 1 heterocycles. The van der Waals surface area contributed by atoms with Gasteiger partial charge < -0.3 is 5.73 Å². The SMILES string of the molecule is CC(N)c1cc2ccc(Br)cc2s1. The van der Waals surface area contributed by atoms with Gasteiger partial charge >= 0.3 is 0 Å². The van der Waals surface area contributed by atoms with Gasteiger partial charge in [-0.2, -0.15) is 0 Å². The van der Waals surface area contributed by atoms with Crippen LogP contribution in [0.25, 0.3) is 10.1 Å². The van der Waals surface area contributed by atoms with E-state index in [2.05, 4.69) is 40.2 Å². The molecule has 1 atom stereocenters. The molecule has 1 nitrogen and oxygen atoms in total. The summed E-state index contributed by atoms with van der Waals surface area (Å²) in [5.41, 5.74) is 5.81. The molecule has 1 aromatic heterocycles. The molecule has 13 heavy (non-hydrogen) atoms. The molecule has 2 rings (SSSR count). The molecular formula is C10H10BrNS. The average molecular weight is 256 g/mol. The molecule has 1 unspecified atom stereocenters. The maximum absolute atomic E-state index is 5.81. The van der Waals surface area contributed by atoms with E-state index < -0.39 is 0 Å². The summed E-state index contributed by atoms with van der Waals surface area (Å²) in [6.07, 6.45) is 0. The van der Waals surface area contributed by atoms with Crippen LogP contribution >= 0.6 is 27.3 Å². The summed E-state index contributed by atoms with van der Waals surface area (Å²) < 4.78 is 2.42. The van der Waals surface area contributed by atoms with E-state index in [0.29, 0.717) is 0 Å². The van der Waals surface area contributed by atoms with Crippen LogP contribution in [0.1, 0.15) is 17.8 Å². The summed E-state index contributed by atoms with van der Waals surface area (Å²) in [5.74, 6) is 0. The highest BCUT2D eigenvalue weighted by Crippen LogP contribution is 2.30. The van der Waals surface area contributed by atoms with Gasteiger partial charge in [0.1, 0.15) is 0 Å². The van der Waals surface area contributed by atoms with Crippen molar-refractivity contribution >= 4 is 37.4 Å². The van der Waals surface area contributed by atoms with Gasteiger partial charge in [-0.05, 0) is 30.5 Å². The van der Waals surface area contributed by atoms with Gasteiger partial charge in [0.25, 0.3) is 0 Å². The van der Waals surface area contributed by atoms with Crippen molar-refractivity contribution in [2.45, 2.75) is 13.0 Å². The molecular weight excluding hydrogens is 246 g/mol. The fourth-order valence-corrected chi connectivity index (χ4v) is 2.82. The van der Waals surface area contributed by atoms with Crippen molar-refractivity contribution in [3.05, 3.63) is 33.6 Å². The number of benzene rings is 1. The fraction of sp³-hybridized carbons (Fsp3) is 0.200. The van der Waals surface area contributed by atoms with Gasteiger partial charge in [0, 0.05) is 20.1 Å². The Morgan fingerprint density at radius 1 is 1.38 bits per heavy atom. The van der Waals surface area contributed by atoms with Gasteiger partial charge in [0.15, 0.2) is 0 Å². The van der Waals surface area contributed by atoms with Gasteiger partial charge in [-0.15, -0.1) is 11.3 Å². The number of thiophene rings is 1. The summed E-state index contributed by atoms with van der Waals surface area (Å²) in [5, 5.41) is 1.28. The first-order valence-corrected chi connectivity index (χ1v) is 5.72. The minimum absolute atomic E-state index is 0.135. The van der Waals surface area contributed by atoms with Crippen LogP contribution in [0.15, 0.2) is 28.7 Å². The monoisotopic (exact) mass is 255 g/mol. The van der Waals surface area contributed by atoms with Crippen LogP contribution < -0.4 is 5.73 Å². The zero-order valence-corrected chi connectivity index (χ0v) is 9.65. The predicted molar refractivity (Wildman–Crippen MR) is 62.1 cm³/mol. The summed E-state index contributed by atoms with van der Waals surface area (Å²) in [6, 6.07) is 8.60. The first-order valence-electron chi connectivity index (χ1n) is 4.11. The molecule has 0 fully saturated rings. The first kappa shape index (κ1) is 9.19. The lowest BCUT2D eigenvalue weighted by atomic mass is 10.2. The molecule has 0 saturated carbocycles. The van der Waals surface area contributed by atoms with Crippen LogP contribution in [0, 0.1) is 0 Å². The topological polar surface area (TPSA) is 26.0 Å². The van der Waals surface area contributed by atoms with Crippen LogP contribution in [0.2, 0.25) is 0 Å². The maximum atomic E-state index is 5.81. The van der Waals surface area contributed by atoms with Crippen LogP contribution in [0.5, 0.6) is 0 Å². The number of nitrogens with two attached hydrogens (primary N) is 1. The minimum Gasteiger partial charge on any atom is -0.324 e. The summed E-state index contributed by atoms with van der Waals surface area (Å²) in [6.45, 7) is 2.01. The molecule has 0 aliphatic heterocycles. The predicted octanol–water partition coefficient (Wildman–Crippen LogP) is 3.68. The largest absolute Gasteiger partial charge is 0.324 e. The van der Waals surface area contributed by atoms with E-state index in [1.54, 1.807) is 11.3 Å². The molecule has 0 aliphatic carbocycles. The van der Waals surface area contributed by atoms with Gasteiger partial charge in [-0.3, -0.25) is 0 Å². The minimum atomic E-state index is 0.135. The molecule has 3 heteroatoms. The Labute approximate surface area is 89.7 Å². The number of fused-ring (bicyclic) bond motifs is 1. The third-order valence-corrected chi connectivity index (χ3v) is 3.74. The molecule has 0 saturated heterocycles. The highest BCUT2D eigenvalue weighted by atomic mass is 79.9. The third kappa shape index (κ3) is 1.77. The van der Waals surface area contributed by atoms with Crippen LogP contribution in [-0.4, -0.2) is 0 Å². The van der Waals surface area contributed by atoms with E-state index in [-0.39, 0.29) is 6.04 Å². The van der Waals surface area contributed by atoms with E-state index in [4.69, 9.17) is 5.73 Å². The number of hydrogen-bond acceptors (Lipinski definition) is 2. The Kier molecular flexibility index (Phi) is 2.41. The summed E-state index contributed by atoms with van der Waals surface area (Å²) >= 11 is 5.22. The normalized spacial score (nSPS) is 13.5. The molecule has 68 valence electrons. The first-order chi connectivity index (χ1) is 6.16. The molecule has 0 radical (unpaired) electrons. The quantitative estimate of drug-likeness (QED) is 0.827. The fourth-order valence-electron chi connectivity index (χ4n) is 1.25. The lowest BCUT2D eigenvalue weighted by molar-refractivity contribution is 0.839. The van der Waals surface area contributed by atoms with E-state index >= 15 is 0 Å². The lowest BCUT2D eigenvalue weighted by Crippen LogP contribution is -2.01. The second-order valence-corrected chi connectivity index (χ2v) is 5.15. The molecule has 0 spiro atoms. The Hall–Kier alpha value is -0.380. The van der Waals surface area contributed by atoms with E-state index in [9.17, 15) is 0 Å². The Morgan fingerprint density at radius 3 is 2.85 bits per heavy atom. The van der Waals surface area contributed by atoms with E-state index in [1.807, 2.05) is 6.92 Å². The van der Waals surface area contributed by atoms with Crippen molar-refractivity contribution in [3.63, 3.8) is 0 Å². The van der Waals surface area contributed by atoms with Crippen molar-refractivity contribution in [3.8, 4) is 0 Å². The second-order valence-electron chi connectivity index (χ2n) is 3.12. The highest BCUT2D eigenvalue weighted by molar-refractivity contribution is 9.10. The molecule has 0 aliphatic rings. The van der Waals surface area contributed by atoms with Gasteiger partial charge in [0.2, 0.25) is 0 Å². The van der Waals surface area contributed by atoms with Gasteiger partial charge in [-0.25, -0.2) is 0 Å². The number of halogens is 1. The van der Waals surface area contributed by atoms with Crippen LogP contribution in [-0.2, 0) is 0 Å². The summed E-state index contributed by atoms with van der Waals surface area (Å²) in [4.78, 5) is 1.24. The third-order valence-electron chi connectivity index (χ3n) is 1.95. The molecule has 2 aromatic rings. The molecule has 1 aromatic carbocycles. The molecule has 0 bridgehead atoms. The highest BCUT2D eigenvalue weighted by Gasteiger charge is 2.05. The zero-order valence-electron chi connectivity index (χ0n) is 7.25. The van der Waals surface area contributed by atoms with E-state index in [0.717, 1.165) is 4.47 Å². The molecule has 0 amide bonds. The van der Waals surface area contributed by atoms with Crippen LogP contribution in [0.3, 0.4) is 0 Å². The van der Waals surface area contributed by atoms with Crippen molar-refractivity contribution in [1.82, 2.24) is 0 Å². The second kappa shape index (κ2) is 3.40. The van der Waals surface area contributed by atoms with Gasteiger partial charge in [0.05, 0.1) is 0 Å². The summed E-state index contributed by atoms with van der Waals surface area (Å²) in [7, 11) is 0. The lowest BCUT2D eigenvalue weighted by Gasteiger charge is -1.96. The zero-order chi connectivity index (χ0) is 9.42.